The van der Waals surface area contributed by atoms with Crippen LogP contribution in [0.4, 0.5) is 9.18 Å². The van der Waals surface area contributed by atoms with Gasteiger partial charge in [0.1, 0.15) is 11.4 Å². The third-order valence-electron chi connectivity index (χ3n) is 3.05. The Morgan fingerprint density at radius 3 is 2.50 bits per heavy atom. The molecule has 0 atom stereocenters. The van der Waals surface area contributed by atoms with Crippen LogP contribution in [0.3, 0.4) is 0 Å². The maximum Gasteiger partial charge on any atom is 0.410 e. The van der Waals surface area contributed by atoms with Crippen LogP contribution in [0.15, 0.2) is 35.5 Å². The zero-order valence-electron chi connectivity index (χ0n) is 14.5. The number of allylic oxidation sites excluding steroid dienone is 3. The molecular formula is C17H24FN3O2S. The van der Waals surface area contributed by atoms with Crippen LogP contribution in [0.1, 0.15) is 27.2 Å². The predicted molar refractivity (Wildman–Crippen MR) is 94.7 cm³/mol. The summed E-state index contributed by atoms with van der Waals surface area (Å²) >= 11 is 1.19. The Morgan fingerprint density at radius 2 is 1.96 bits per heavy atom. The van der Waals surface area contributed by atoms with Crippen molar-refractivity contribution in [2.24, 2.45) is 0 Å². The van der Waals surface area contributed by atoms with Gasteiger partial charge in [0.2, 0.25) is 0 Å². The highest BCUT2D eigenvalue weighted by Crippen LogP contribution is 2.29. The van der Waals surface area contributed by atoms with Crippen molar-refractivity contribution in [2.75, 3.05) is 26.2 Å². The summed E-state index contributed by atoms with van der Waals surface area (Å²) in [4.78, 5) is 14.1. The Kier molecular flexibility index (Phi) is 7.52. The summed E-state index contributed by atoms with van der Waals surface area (Å²) in [7, 11) is 0. The number of rotatable bonds is 4. The molecule has 0 aromatic heterocycles. The topological polar surface area (TPSA) is 56.6 Å². The van der Waals surface area contributed by atoms with Crippen molar-refractivity contribution in [2.45, 2.75) is 32.8 Å². The quantitative estimate of drug-likeness (QED) is 0.434. The summed E-state index contributed by atoms with van der Waals surface area (Å²) in [5.74, 6) is -0.607. The van der Waals surface area contributed by atoms with Gasteiger partial charge in [0.25, 0.3) is 0 Å². The monoisotopic (exact) mass is 353 g/mol. The molecule has 0 saturated carbocycles. The van der Waals surface area contributed by atoms with Gasteiger partial charge in [-0.1, -0.05) is 13.2 Å². The largest absolute Gasteiger partial charge is 0.444 e. The lowest BCUT2D eigenvalue weighted by atomic mass is 10.2. The molecule has 0 unspecified atom stereocenters. The molecule has 1 heterocycles. The number of hydrogen-bond donors (Lipinski definition) is 0. The van der Waals surface area contributed by atoms with Crippen molar-refractivity contribution in [1.82, 2.24) is 9.21 Å². The standard InChI is InChI=1S/C17H24FN3O2S/c1-13(12-19)11-15(14(2)18)24-21-8-6-7-20(9-10-21)16(22)23-17(3,4)5/h11H,1-2,6-10H2,3-5H3/b15-11+. The van der Waals surface area contributed by atoms with Gasteiger partial charge in [-0.25, -0.2) is 13.5 Å². The molecule has 1 rings (SSSR count). The molecule has 1 aliphatic heterocycles. The molecule has 1 saturated heterocycles. The highest BCUT2D eigenvalue weighted by Gasteiger charge is 2.25. The van der Waals surface area contributed by atoms with Crippen molar-refractivity contribution in [1.29, 1.82) is 5.26 Å². The second-order valence-corrected chi connectivity index (χ2v) is 7.53. The fourth-order valence-electron chi connectivity index (χ4n) is 1.98. The van der Waals surface area contributed by atoms with Crippen LogP contribution in [0.2, 0.25) is 0 Å². The first-order valence-electron chi connectivity index (χ1n) is 7.68. The van der Waals surface area contributed by atoms with E-state index in [0.717, 1.165) is 6.42 Å². The molecule has 0 aromatic carbocycles. The van der Waals surface area contributed by atoms with Gasteiger partial charge >= 0.3 is 6.09 Å². The normalized spacial score (nSPS) is 17.0. The minimum atomic E-state index is -0.607. The summed E-state index contributed by atoms with van der Waals surface area (Å²) in [6.45, 7) is 14.7. The van der Waals surface area contributed by atoms with Crippen molar-refractivity contribution in [3.63, 3.8) is 0 Å². The third kappa shape index (κ3) is 7.20. The first-order chi connectivity index (χ1) is 11.1. The van der Waals surface area contributed by atoms with Gasteiger partial charge in [-0.05, 0) is 45.2 Å². The average Bonchev–Trinajstić information content (AvgIpc) is 2.70. The van der Waals surface area contributed by atoms with E-state index in [1.807, 2.05) is 31.1 Å². The molecular weight excluding hydrogens is 329 g/mol. The van der Waals surface area contributed by atoms with Crippen LogP contribution < -0.4 is 0 Å². The maximum absolute atomic E-state index is 13.6. The van der Waals surface area contributed by atoms with Crippen molar-refractivity contribution < 1.29 is 13.9 Å². The number of halogens is 1. The van der Waals surface area contributed by atoms with E-state index >= 15 is 0 Å². The first kappa shape index (κ1) is 20.3. The van der Waals surface area contributed by atoms with Crippen LogP contribution in [-0.2, 0) is 4.74 Å². The number of amides is 1. The van der Waals surface area contributed by atoms with E-state index in [0.29, 0.717) is 26.2 Å². The molecule has 1 amide bonds. The number of carbonyl (C=O) groups is 1. The SMILES string of the molecule is C=C(C#N)/C=C(/SN1CCCN(C(=O)OC(C)(C)C)CC1)C(=C)F. The maximum atomic E-state index is 13.6. The first-order valence-corrected chi connectivity index (χ1v) is 8.46. The summed E-state index contributed by atoms with van der Waals surface area (Å²) in [5, 5.41) is 8.78. The van der Waals surface area contributed by atoms with Crippen LogP contribution in [-0.4, -0.2) is 47.1 Å². The molecule has 0 N–H and O–H groups in total. The zero-order chi connectivity index (χ0) is 18.3. The van der Waals surface area contributed by atoms with Gasteiger partial charge in [-0.3, -0.25) is 0 Å². The van der Waals surface area contributed by atoms with Crippen LogP contribution in [0, 0.1) is 11.3 Å². The smallest absolute Gasteiger partial charge is 0.410 e. The molecule has 1 aliphatic rings. The van der Waals surface area contributed by atoms with E-state index in [2.05, 4.69) is 13.2 Å². The Labute approximate surface area is 147 Å². The highest BCUT2D eigenvalue weighted by molar-refractivity contribution is 8.01. The Hall–Kier alpha value is -1.78. The fraction of sp³-hybridized carbons (Fsp3) is 0.529. The van der Waals surface area contributed by atoms with Crippen LogP contribution in [0.25, 0.3) is 0 Å². The molecule has 0 aromatic rings. The van der Waals surface area contributed by atoms with E-state index in [1.54, 1.807) is 4.90 Å². The summed E-state index contributed by atoms with van der Waals surface area (Å²) in [6.07, 6.45) is 1.79. The van der Waals surface area contributed by atoms with E-state index in [-0.39, 0.29) is 16.6 Å². The molecule has 0 bridgehead atoms. The number of hydrogen-bond acceptors (Lipinski definition) is 5. The lowest BCUT2D eigenvalue weighted by Gasteiger charge is -2.26. The summed E-state index contributed by atoms with van der Waals surface area (Å²) in [6, 6.07) is 1.86. The van der Waals surface area contributed by atoms with Crippen molar-refractivity contribution in [3.8, 4) is 6.07 Å². The predicted octanol–water partition coefficient (Wildman–Crippen LogP) is 4.02. The van der Waals surface area contributed by atoms with Gasteiger partial charge < -0.3 is 9.64 Å². The number of carbonyl (C=O) groups excluding carboxylic acids is 1. The molecule has 0 spiro atoms. The zero-order valence-corrected chi connectivity index (χ0v) is 15.3. The molecule has 0 radical (unpaired) electrons. The molecule has 5 nitrogen and oxygen atoms in total. The summed E-state index contributed by atoms with van der Waals surface area (Å²) < 4.78 is 20.9. The number of nitriles is 1. The minimum absolute atomic E-state index is 0.168. The lowest BCUT2D eigenvalue weighted by Crippen LogP contribution is -2.38. The van der Waals surface area contributed by atoms with Crippen LogP contribution in [0.5, 0.6) is 0 Å². The van der Waals surface area contributed by atoms with Gasteiger partial charge in [-0.2, -0.15) is 5.26 Å². The van der Waals surface area contributed by atoms with Crippen LogP contribution >= 0.6 is 11.9 Å². The van der Waals surface area contributed by atoms with Gasteiger partial charge in [0.05, 0.1) is 11.0 Å². The highest BCUT2D eigenvalue weighted by atomic mass is 32.2. The number of ether oxygens (including phenoxy) is 1. The third-order valence-corrected chi connectivity index (χ3v) is 4.21. The average molecular weight is 353 g/mol. The molecule has 1 fully saturated rings. The lowest BCUT2D eigenvalue weighted by molar-refractivity contribution is 0.0260. The minimum Gasteiger partial charge on any atom is -0.444 e. The van der Waals surface area contributed by atoms with E-state index in [4.69, 9.17) is 10.00 Å². The van der Waals surface area contributed by atoms with E-state index in [1.165, 1.54) is 18.0 Å². The van der Waals surface area contributed by atoms with Gasteiger partial charge in [-0.15, -0.1) is 0 Å². The fourth-order valence-corrected chi connectivity index (χ4v) is 2.94. The second kappa shape index (κ2) is 8.90. The summed E-state index contributed by atoms with van der Waals surface area (Å²) in [5.41, 5.74) is -0.362. The molecule has 24 heavy (non-hydrogen) atoms. The van der Waals surface area contributed by atoms with E-state index < -0.39 is 11.4 Å². The second-order valence-electron chi connectivity index (χ2n) is 6.39. The molecule has 132 valence electrons. The molecule has 0 aliphatic carbocycles. The van der Waals surface area contributed by atoms with Gasteiger partial charge in [0.15, 0.2) is 0 Å². The van der Waals surface area contributed by atoms with Crippen molar-refractivity contribution in [3.05, 3.63) is 35.5 Å². The Morgan fingerprint density at radius 1 is 1.29 bits per heavy atom. The number of nitrogens with zero attached hydrogens (tertiary/aromatic N) is 3. The Bertz CT molecular complexity index is 575. The van der Waals surface area contributed by atoms with Crippen molar-refractivity contribution >= 4 is 18.0 Å². The molecule has 7 heteroatoms. The van der Waals surface area contributed by atoms with E-state index in [9.17, 15) is 9.18 Å². The van der Waals surface area contributed by atoms with Gasteiger partial charge in [0, 0.05) is 31.8 Å². The Balaban J connectivity index is 2.67.